The molecular formula is C16H9F3N4O3S. The van der Waals surface area contributed by atoms with Gasteiger partial charge in [-0.15, -0.1) is 10.2 Å². The maximum absolute atomic E-state index is 13.0. The van der Waals surface area contributed by atoms with E-state index >= 15 is 0 Å². The van der Waals surface area contributed by atoms with Crippen molar-refractivity contribution in [3.05, 3.63) is 47.5 Å². The van der Waals surface area contributed by atoms with Gasteiger partial charge in [-0.05, 0) is 12.1 Å². The molecule has 0 bridgehead atoms. The molecular weight excluding hydrogens is 385 g/mol. The lowest BCUT2D eigenvalue weighted by atomic mass is 10.0. The number of thiazole rings is 1. The van der Waals surface area contributed by atoms with E-state index in [1.807, 2.05) is 0 Å². The van der Waals surface area contributed by atoms with Crippen LogP contribution in [0.15, 0.2) is 46.6 Å². The van der Waals surface area contributed by atoms with E-state index in [1.165, 1.54) is 24.3 Å². The molecule has 0 atom stereocenters. The molecule has 0 saturated heterocycles. The van der Waals surface area contributed by atoms with E-state index in [9.17, 15) is 28.2 Å². The first-order valence-corrected chi connectivity index (χ1v) is 8.26. The minimum atomic E-state index is -4.63. The fraction of sp³-hybridized carbons (Fsp3) is 0.125. The zero-order chi connectivity index (χ0) is 19.4. The van der Waals surface area contributed by atoms with E-state index in [-0.39, 0.29) is 27.8 Å². The van der Waals surface area contributed by atoms with E-state index in [2.05, 4.69) is 20.5 Å². The molecule has 7 nitrogen and oxygen atoms in total. The van der Waals surface area contributed by atoms with Gasteiger partial charge in [0.2, 0.25) is 0 Å². The number of hydrogen-bond donors (Lipinski definition) is 3. The first kappa shape index (κ1) is 17.2. The van der Waals surface area contributed by atoms with Crippen LogP contribution in [0.2, 0.25) is 0 Å². The molecule has 4 rings (SSSR count). The van der Waals surface area contributed by atoms with Gasteiger partial charge in [-0.2, -0.15) is 13.2 Å². The van der Waals surface area contributed by atoms with Crippen LogP contribution in [0.5, 0.6) is 11.5 Å². The van der Waals surface area contributed by atoms with Crippen LogP contribution in [0.4, 0.5) is 18.3 Å². The van der Waals surface area contributed by atoms with Crippen LogP contribution in [0.25, 0.3) is 10.2 Å². The summed E-state index contributed by atoms with van der Waals surface area (Å²) in [6.45, 7) is 0. The van der Waals surface area contributed by atoms with Gasteiger partial charge in [-0.1, -0.05) is 23.5 Å². The Hall–Kier alpha value is -3.21. The number of rotatable bonds is 3. The first-order chi connectivity index (χ1) is 12.7. The monoisotopic (exact) mass is 394 g/mol. The number of aromatic nitrogens is 1. The standard InChI is InChI=1S/C16H9F3N4O3S/c17-16(18,19)15(22-23-15)8-3-1-7(2-4-8)13(26)21-14-20-9-5-10(24)11(25)6-12(9)27-14/h1-6,24-25H,(H,20,21,26). The average molecular weight is 394 g/mol. The number of halogens is 3. The molecule has 2 heterocycles. The van der Waals surface area contributed by atoms with Crippen molar-refractivity contribution in [2.24, 2.45) is 10.2 Å². The fourth-order valence-corrected chi connectivity index (χ4v) is 3.35. The van der Waals surface area contributed by atoms with Crippen LogP contribution in [-0.4, -0.2) is 27.3 Å². The predicted octanol–water partition coefficient (Wildman–Crippen LogP) is 4.14. The predicted molar refractivity (Wildman–Crippen MR) is 89.9 cm³/mol. The first-order valence-electron chi connectivity index (χ1n) is 7.45. The summed E-state index contributed by atoms with van der Waals surface area (Å²) >= 11 is 1.07. The second-order valence-corrected chi connectivity index (χ2v) is 6.76. The molecule has 0 aliphatic carbocycles. The van der Waals surface area contributed by atoms with Crippen molar-refractivity contribution in [3.8, 4) is 11.5 Å². The highest BCUT2D eigenvalue weighted by atomic mass is 32.1. The largest absolute Gasteiger partial charge is 0.504 e. The number of hydrogen-bond acceptors (Lipinski definition) is 7. The fourth-order valence-electron chi connectivity index (χ4n) is 2.47. The molecule has 3 aromatic rings. The second-order valence-electron chi connectivity index (χ2n) is 5.73. The third-order valence-corrected chi connectivity index (χ3v) is 4.88. The van der Waals surface area contributed by atoms with Crippen molar-refractivity contribution in [1.29, 1.82) is 0 Å². The summed E-state index contributed by atoms with van der Waals surface area (Å²) in [7, 11) is 0. The molecule has 138 valence electrons. The molecule has 1 aliphatic rings. The number of phenolic OH excluding ortho intramolecular Hbond substituents is 2. The molecule has 0 radical (unpaired) electrons. The zero-order valence-electron chi connectivity index (χ0n) is 13.2. The van der Waals surface area contributed by atoms with E-state index < -0.39 is 17.7 Å². The molecule has 27 heavy (non-hydrogen) atoms. The smallest absolute Gasteiger partial charge is 0.442 e. The van der Waals surface area contributed by atoms with Gasteiger partial charge in [0.1, 0.15) is 0 Å². The third-order valence-electron chi connectivity index (χ3n) is 3.95. The summed E-state index contributed by atoms with van der Waals surface area (Å²) in [6, 6.07) is 7.35. The summed E-state index contributed by atoms with van der Waals surface area (Å²) in [5, 5.41) is 27.9. The van der Waals surface area contributed by atoms with Gasteiger partial charge in [0.15, 0.2) is 16.6 Å². The van der Waals surface area contributed by atoms with Crippen LogP contribution < -0.4 is 5.32 Å². The number of benzene rings is 2. The van der Waals surface area contributed by atoms with Gasteiger partial charge >= 0.3 is 11.8 Å². The Bertz CT molecular complexity index is 1050. The van der Waals surface area contributed by atoms with Crippen molar-refractivity contribution in [1.82, 2.24) is 4.98 Å². The Labute approximate surface area is 152 Å². The van der Waals surface area contributed by atoms with E-state index in [0.717, 1.165) is 23.5 Å². The van der Waals surface area contributed by atoms with Crippen molar-refractivity contribution in [2.75, 3.05) is 5.32 Å². The second kappa shape index (κ2) is 5.64. The van der Waals surface area contributed by atoms with Crippen molar-refractivity contribution in [3.63, 3.8) is 0 Å². The van der Waals surface area contributed by atoms with Crippen LogP contribution >= 0.6 is 11.3 Å². The minimum absolute atomic E-state index is 0.127. The third kappa shape index (κ3) is 2.85. The number of nitrogens with one attached hydrogen (secondary N) is 1. The topological polar surface area (TPSA) is 107 Å². The molecule has 11 heteroatoms. The van der Waals surface area contributed by atoms with Crippen molar-refractivity contribution in [2.45, 2.75) is 11.8 Å². The van der Waals surface area contributed by atoms with Crippen LogP contribution in [0, 0.1) is 0 Å². The highest BCUT2D eigenvalue weighted by molar-refractivity contribution is 7.22. The summed E-state index contributed by atoms with van der Waals surface area (Å²) in [6.07, 6.45) is -4.63. The van der Waals surface area contributed by atoms with Gasteiger partial charge in [-0.3, -0.25) is 10.1 Å². The minimum Gasteiger partial charge on any atom is -0.504 e. The van der Waals surface area contributed by atoms with E-state index in [1.54, 1.807) is 0 Å². The summed E-state index contributed by atoms with van der Waals surface area (Å²) in [5.74, 6) is -1.22. The number of aromatic hydroxyl groups is 2. The van der Waals surface area contributed by atoms with Gasteiger partial charge in [-0.25, -0.2) is 4.98 Å². The number of carbonyl (C=O) groups is 1. The molecule has 2 aromatic carbocycles. The molecule has 0 fully saturated rings. The maximum Gasteiger partial charge on any atom is 0.442 e. The number of anilines is 1. The average Bonchev–Trinajstić information content (AvgIpc) is 3.34. The summed E-state index contributed by atoms with van der Waals surface area (Å²) in [4.78, 5) is 16.4. The molecule has 1 amide bonds. The lowest BCUT2D eigenvalue weighted by molar-refractivity contribution is -0.166. The summed E-state index contributed by atoms with van der Waals surface area (Å²) < 4.78 is 39.5. The SMILES string of the molecule is O=C(Nc1nc2cc(O)c(O)cc2s1)c1ccc(C2(C(F)(F)F)N=N2)cc1. The Morgan fingerprint density at radius 2 is 1.70 bits per heavy atom. The van der Waals surface area contributed by atoms with E-state index in [4.69, 9.17) is 0 Å². The number of carbonyl (C=O) groups excluding carboxylic acids is 1. The number of phenols is 2. The van der Waals surface area contributed by atoms with Crippen molar-refractivity contribution >= 4 is 32.6 Å². The number of nitrogens with zero attached hydrogens (tertiary/aromatic N) is 3. The Morgan fingerprint density at radius 3 is 2.30 bits per heavy atom. The highest BCUT2D eigenvalue weighted by Crippen LogP contribution is 2.52. The number of alkyl halides is 3. The molecule has 0 spiro atoms. The van der Waals surface area contributed by atoms with Crippen LogP contribution in [0.3, 0.4) is 0 Å². The lowest BCUT2D eigenvalue weighted by Crippen LogP contribution is -2.30. The Balaban J connectivity index is 1.54. The van der Waals surface area contributed by atoms with Crippen molar-refractivity contribution < 1.29 is 28.2 Å². The van der Waals surface area contributed by atoms with Crippen LogP contribution in [-0.2, 0) is 5.66 Å². The Kier molecular flexibility index (Phi) is 3.60. The molecule has 1 aromatic heterocycles. The normalized spacial score (nSPS) is 15.1. The Morgan fingerprint density at radius 1 is 1.07 bits per heavy atom. The lowest BCUT2D eigenvalue weighted by Gasteiger charge is -2.14. The molecule has 3 N–H and O–H groups in total. The quantitative estimate of drug-likeness (QED) is 0.580. The molecule has 0 saturated carbocycles. The maximum atomic E-state index is 13.0. The van der Waals surface area contributed by atoms with E-state index in [0.29, 0.717) is 10.2 Å². The molecule has 0 unspecified atom stereocenters. The van der Waals surface area contributed by atoms with Gasteiger partial charge in [0, 0.05) is 23.3 Å². The van der Waals surface area contributed by atoms with Crippen LogP contribution in [0.1, 0.15) is 15.9 Å². The summed E-state index contributed by atoms with van der Waals surface area (Å²) in [5.41, 5.74) is -2.19. The van der Waals surface area contributed by atoms with Gasteiger partial charge in [0.05, 0.1) is 10.2 Å². The highest BCUT2D eigenvalue weighted by Gasteiger charge is 2.65. The number of amides is 1. The van der Waals surface area contributed by atoms with Gasteiger partial charge in [0.25, 0.3) is 5.91 Å². The van der Waals surface area contributed by atoms with Gasteiger partial charge < -0.3 is 10.2 Å². The zero-order valence-corrected chi connectivity index (χ0v) is 14.0. The number of fused-ring (bicyclic) bond motifs is 1. The molecule has 1 aliphatic heterocycles.